The molecular weight excluding hydrogens is 228 g/mol. The van der Waals surface area contributed by atoms with Gasteiger partial charge in [-0.1, -0.05) is 6.92 Å². The maximum Gasteiger partial charge on any atom is 0.236 e. The first kappa shape index (κ1) is 15.4. The molecule has 0 heterocycles. The third kappa shape index (κ3) is 6.07. The fraction of sp³-hybridized carbons (Fsp3) is 0.900. The Labute approximate surface area is 97.9 Å². The fourth-order valence-corrected chi connectivity index (χ4v) is 2.47. The van der Waals surface area contributed by atoms with Crippen molar-refractivity contribution < 1.29 is 13.2 Å². The third-order valence-electron chi connectivity index (χ3n) is 2.22. The van der Waals surface area contributed by atoms with Crippen LogP contribution < -0.4 is 10.6 Å². The van der Waals surface area contributed by atoms with Gasteiger partial charge in [0, 0.05) is 18.3 Å². The van der Waals surface area contributed by atoms with E-state index in [0.29, 0.717) is 6.54 Å². The monoisotopic (exact) mass is 250 g/mol. The summed E-state index contributed by atoms with van der Waals surface area (Å²) in [6, 6.07) is -0.593. The predicted molar refractivity (Wildman–Crippen MR) is 65.1 cm³/mol. The number of sulfone groups is 1. The molecule has 16 heavy (non-hydrogen) atoms. The molecule has 0 fully saturated rings. The first-order valence-electron chi connectivity index (χ1n) is 5.56. The van der Waals surface area contributed by atoms with Gasteiger partial charge >= 0.3 is 0 Å². The van der Waals surface area contributed by atoms with Crippen LogP contribution in [0.1, 0.15) is 27.7 Å². The summed E-state index contributed by atoms with van der Waals surface area (Å²) >= 11 is 0. The van der Waals surface area contributed by atoms with Crippen LogP contribution in [0.5, 0.6) is 0 Å². The summed E-state index contributed by atoms with van der Waals surface area (Å²) < 4.78 is 22.7. The van der Waals surface area contributed by atoms with Crippen LogP contribution in [0.2, 0.25) is 0 Å². The molecule has 0 bridgehead atoms. The van der Waals surface area contributed by atoms with Gasteiger partial charge in [-0.2, -0.15) is 0 Å². The molecule has 2 N–H and O–H groups in total. The molecule has 96 valence electrons. The molecule has 6 heteroatoms. The quantitative estimate of drug-likeness (QED) is 0.663. The van der Waals surface area contributed by atoms with Crippen LogP contribution >= 0.6 is 0 Å². The molecule has 0 aromatic heterocycles. The first-order chi connectivity index (χ1) is 7.32. The normalized spacial score (nSPS) is 15.5. The zero-order valence-electron chi connectivity index (χ0n) is 10.4. The minimum Gasteiger partial charge on any atom is -0.355 e. The van der Waals surface area contributed by atoms with E-state index in [2.05, 4.69) is 10.6 Å². The van der Waals surface area contributed by atoms with Crippen LogP contribution in [-0.2, 0) is 14.6 Å². The predicted octanol–water partition coefficient (Wildman–Crippen LogP) is -0.0762. The van der Waals surface area contributed by atoms with Crippen molar-refractivity contribution in [2.75, 3.05) is 18.1 Å². The van der Waals surface area contributed by atoms with Crippen molar-refractivity contribution >= 4 is 15.7 Å². The second kappa shape index (κ2) is 6.85. The van der Waals surface area contributed by atoms with E-state index in [9.17, 15) is 13.2 Å². The average molecular weight is 250 g/mol. The SMILES string of the molecule is CCNC(=O)C(C)NC(C)CS(=O)(=O)CC. The number of hydrogen-bond donors (Lipinski definition) is 2. The van der Waals surface area contributed by atoms with Crippen molar-refractivity contribution in [2.45, 2.75) is 39.8 Å². The summed E-state index contributed by atoms with van der Waals surface area (Å²) in [6.07, 6.45) is 0. The molecule has 2 atom stereocenters. The molecule has 2 unspecified atom stereocenters. The van der Waals surface area contributed by atoms with E-state index in [4.69, 9.17) is 0 Å². The lowest BCUT2D eigenvalue weighted by molar-refractivity contribution is -0.122. The molecular formula is C10H22N2O3S. The second-order valence-electron chi connectivity index (χ2n) is 3.88. The molecule has 0 rings (SSSR count). The van der Waals surface area contributed by atoms with Crippen molar-refractivity contribution in [1.29, 1.82) is 0 Å². The number of likely N-dealkylation sites (N-methyl/N-ethyl adjacent to an activating group) is 1. The van der Waals surface area contributed by atoms with Crippen molar-refractivity contribution in [2.24, 2.45) is 0 Å². The third-order valence-corrected chi connectivity index (χ3v) is 4.11. The highest BCUT2D eigenvalue weighted by Gasteiger charge is 2.18. The maximum absolute atomic E-state index is 11.4. The maximum atomic E-state index is 11.4. The van der Waals surface area contributed by atoms with Crippen LogP contribution in [0, 0.1) is 0 Å². The van der Waals surface area contributed by atoms with Crippen LogP contribution in [-0.4, -0.2) is 44.5 Å². The highest BCUT2D eigenvalue weighted by atomic mass is 32.2. The number of rotatable bonds is 7. The molecule has 0 aliphatic rings. The molecule has 0 aromatic rings. The Morgan fingerprint density at radius 1 is 1.25 bits per heavy atom. The largest absolute Gasteiger partial charge is 0.355 e. The zero-order valence-corrected chi connectivity index (χ0v) is 11.2. The second-order valence-corrected chi connectivity index (χ2v) is 6.28. The van der Waals surface area contributed by atoms with Crippen molar-refractivity contribution in [1.82, 2.24) is 10.6 Å². The summed E-state index contributed by atoms with van der Waals surface area (Å²) in [5.41, 5.74) is 0. The number of carbonyl (C=O) groups is 1. The van der Waals surface area contributed by atoms with Gasteiger partial charge in [0.2, 0.25) is 5.91 Å². The Morgan fingerprint density at radius 2 is 1.81 bits per heavy atom. The van der Waals surface area contributed by atoms with E-state index in [1.54, 1.807) is 20.8 Å². The standard InChI is InChI=1S/C10H22N2O3S/c1-5-11-10(13)9(4)12-8(3)7-16(14,15)6-2/h8-9,12H,5-7H2,1-4H3,(H,11,13). The topological polar surface area (TPSA) is 75.3 Å². The van der Waals surface area contributed by atoms with Gasteiger partial charge in [-0.05, 0) is 20.8 Å². The molecule has 0 aromatic carbocycles. The van der Waals surface area contributed by atoms with Gasteiger partial charge in [0.25, 0.3) is 0 Å². The summed E-state index contributed by atoms with van der Waals surface area (Å²) in [6.45, 7) is 7.53. The summed E-state index contributed by atoms with van der Waals surface area (Å²) in [7, 11) is -3.00. The van der Waals surface area contributed by atoms with E-state index in [1.807, 2.05) is 6.92 Å². The summed E-state index contributed by atoms with van der Waals surface area (Å²) in [5, 5.41) is 5.64. The fourth-order valence-electron chi connectivity index (χ4n) is 1.38. The molecule has 0 aliphatic carbocycles. The lowest BCUT2D eigenvalue weighted by Crippen LogP contribution is -2.47. The van der Waals surface area contributed by atoms with Gasteiger partial charge in [-0.3, -0.25) is 4.79 Å². The lowest BCUT2D eigenvalue weighted by atomic mass is 10.2. The zero-order chi connectivity index (χ0) is 12.8. The van der Waals surface area contributed by atoms with Gasteiger partial charge in [-0.25, -0.2) is 8.42 Å². The van der Waals surface area contributed by atoms with Crippen LogP contribution in [0.4, 0.5) is 0 Å². The van der Waals surface area contributed by atoms with Crippen molar-refractivity contribution in [3.05, 3.63) is 0 Å². The number of amides is 1. The molecule has 0 radical (unpaired) electrons. The van der Waals surface area contributed by atoms with Crippen LogP contribution in [0.25, 0.3) is 0 Å². The molecule has 1 amide bonds. The average Bonchev–Trinajstić information content (AvgIpc) is 2.17. The molecule has 5 nitrogen and oxygen atoms in total. The number of hydrogen-bond acceptors (Lipinski definition) is 4. The minimum absolute atomic E-state index is 0.0627. The highest BCUT2D eigenvalue weighted by molar-refractivity contribution is 7.91. The van der Waals surface area contributed by atoms with Gasteiger partial charge in [0.1, 0.15) is 0 Å². The van der Waals surface area contributed by atoms with Crippen LogP contribution in [0.15, 0.2) is 0 Å². The Bertz CT molecular complexity index is 314. The Morgan fingerprint density at radius 3 is 2.25 bits per heavy atom. The Balaban J connectivity index is 4.15. The van der Waals surface area contributed by atoms with Crippen molar-refractivity contribution in [3.8, 4) is 0 Å². The van der Waals surface area contributed by atoms with Crippen LogP contribution in [0.3, 0.4) is 0 Å². The van der Waals surface area contributed by atoms with Gasteiger partial charge in [0.15, 0.2) is 9.84 Å². The number of carbonyl (C=O) groups excluding carboxylic acids is 1. The van der Waals surface area contributed by atoms with E-state index >= 15 is 0 Å². The lowest BCUT2D eigenvalue weighted by Gasteiger charge is -2.19. The Kier molecular flexibility index (Phi) is 6.59. The van der Waals surface area contributed by atoms with E-state index in [1.165, 1.54) is 0 Å². The summed E-state index contributed by atoms with van der Waals surface area (Å²) in [4.78, 5) is 11.4. The first-order valence-corrected chi connectivity index (χ1v) is 7.38. The molecule has 0 saturated heterocycles. The van der Waals surface area contributed by atoms with Gasteiger partial charge < -0.3 is 10.6 Å². The molecule has 0 saturated carbocycles. The minimum atomic E-state index is -3.00. The van der Waals surface area contributed by atoms with E-state index in [-0.39, 0.29) is 29.5 Å². The summed E-state index contributed by atoms with van der Waals surface area (Å²) in [5.74, 6) is 0.0881. The van der Waals surface area contributed by atoms with E-state index < -0.39 is 9.84 Å². The molecule has 0 aliphatic heterocycles. The molecule has 0 spiro atoms. The smallest absolute Gasteiger partial charge is 0.236 e. The number of nitrogens with one attached hydrogen (secondary N) is 2. The van der Waals surface area contributed by atoms with E-state index in [0.717, 1.165) is 0 Å². The van der Waals surface area contributed by atoms with Gasteiger partial charge in [-0.15, -0.1) is 0 Å². The Hall–Kier alpha value is -0.620. The highest BCUT2D eigenvalue weighted by Crippen LogP contribution is 1.96. The van der Waals surface area contributed by atoms with Crippen molar-refractivity contribution in [3.63, 3.8) is 0 Å². The van der Waals surface area contributed by atoms with Gasteiger partial charge in [0.05, 0.1) is 11.8 Å².